The fourth-order valence-corrected chi connectivity index (χ4v) is 7.50. The predicted octanol–water partition coefficient (Wildman–Crippen LogP) is 2.56. The smallest absolute Gasteiger partial charge is 0.255 e. The molecule has 28 heavy (non-hydrogen) atoms. The van der Waals surface area contributed by atoms with Crippen molar-refractivity contribution in [1.82, 2.24) is 0 Å². The van der Waals surface area contributed by atoms with Crippen molar-refractivity contribution in [3.05, 3.63) is 53.1 Å². The van der Waals surface area contributed by atoms with Crippen LogP contribution < -0.4 is 10.1 Å². The number of nitrogens with one attached hydrogen (secondary N) is 1. The zero-order valence-corrected chi connectivity index (χ0v) is 17.3. The van der Waals surface area contributed by atoms with Gasteiger partial charge in [0.1, 0.15) is 5.75 Å². The first kappa shape index (κ1) is 20.6. The van der Waals surface area contributed by atoms with Crippen molar-refractivity contribution in [3.63, 3.8) is 0 Å². The SMILES string of the molecule is COc1ccc(Cl)cc1NC(=O)c1ccc(S(=O)(=O)[C@@H]2CCS(=O)(=O)C2)cc1. The minimum atomic E-state index is -3.78. The lowest BCUT2D eigenvalue weighted by Crippen LogP contribution is -2.23. The van der Waals surface area contributed by atoms with E-state index in [-0.39, 0.29) is 28.4 Å². The third kappa shape index (κ3) is 4.31. The molecule has 1 fully saturated rings. The maximum Gasteiger partial charge on any atom is 0.255 e. The standard InChI is InChI=1S/C18H18ClNO6S2/c1-26-17-7-4-13(19)10-16(17)20-18(21)12-2-5-14(6-3-12)28(24,25)15-8-9-27(22,23)11-15/h2-7,10,15H,8-9,11H2,1H3,(H,20,21)/t15-/m1/s1. The van der Waals surface area contributed by atoms with Gasteiger partial charge in [0.25, 0.3) is 5.91 Å². The minimum Gasteiger partial charge on any atom is -0.495 e. The average molecular weight is 444 g/mol. The number of sulfone groups is 2. The van der Waals surface area contributed by atoms with E-state index in [0.717, 1.165) is 0 Å². The van der Waals surface area contributed by atoms with E-state index in [1.54, 1.807) is 12.1 Å². The summed E-state index contributed by atoms with van der Waals surface area (Å²) in [4.78, 5) is 12.4. The molecule has 0 aliphatic carbocycles. The Morgan fingerprint density at radius 2 is 1.86 bits per heavy atom. The number of rotatable bonds is 5. The third-order valence-electron chi connectivity index (χ3n) is 4.48. The highest BCUT2D eigenvalue weighted by Crippen LogP contribution is 2.29. The van der Waals surface area contributed by atoms with Crippen molar-refractivity contribution in [3.8, 4) is 5.75 Å². The van der Waals surface area contributed by atoms with Crippen LogP contribution in [0.2, 0.25) is 5.02 Å². The van der Waals surface area contributed by atoms with Gasteiger partial charge in [-0.15, -0.1) is 0 Å². The Labute approximate surface area is 168 Å². The second-order valence-corrected chi connectivity index (χ2v) is 11.3. The number of hydrogen-bond donors (Lipinski definition) is 1. The molecule has 0 radical (unpaired) electrons. The lowest BCUT2D eigenvalue weighted by Gasteiger charge is -2.12. The number of hydrogen-bond acceptors (Lipinski definition) is 6. The number of benzene rings is 2. The normalized spacial score (nSPS) is 18.6. The van der Waals surface area contributed by atoms with Crippen LogP contribution in [0.15, 0.2) is 47.4 Å². The van der Waals surface area contributed by atoms with Crippen LogP contribution in [0.5, 0.6) is 5.75 Å². The van der Waals surface area contributed by atoms with Gasteiger partial charge in [0.05, 0.1) is 34.4 Å². The van der Waals surface area contributed by atoms with Crippen molar-refractivity contribution in [2.24, 2.45) is 0 Å². The average Bonchev–Trinajstić information content (AvgIpc) is 3.02. The first-order chi connectivity index (χ1) is 13.1. The molecular weight excluding hydrogens is 426 g/mol. The molecule has 2 aromatic carbocycles. The number of ether oxygens (including phenoxy) is 1. The van der Waals surface area contributed by atoms with Gasteiger partial charge < -0.3 is 10.1 Å². The molecule has 1 N–H and O–H groups in total. The molecule has 10 heteroatoms. The summed E-state index contributed by atoms with van der Waals surface area (Å²) < 4.78 is 53.6. The zero-order valence-electron chi connectivity index (χ0n) is 14.9. The largest absolute Gasteiger partial charge is 0.495 e. The molecular formula is C18H18ClNO6S2. The van der Waals surface area contributed by atoms with Crippen molar-refractivity contribution in [2.75, 3.05) is 23.9 Å². The van der Waals surface area contributed by atoms with Crippen LogP contribution in [-0.4, -0.2) is 46.6 Å². The topological polar surface area (TPSA) is 107 Å². The second kappa shape index (κ2) is 7.73. The van der Waals surface area contributed by atoms with E-state index in [0.29, 0.717) is 16.5 Å². The summed E-state index contributed by atoms with van der Waals surface area (Å²) in [5.74, 6) is -0.530. The lowest BCUT2D eigenvalue weighted by molar-refractivity contribution is 0.102. The molecule has 7 nitrogen and oxygen atoms in total. The predicted molar refractivity (Wildman–Crippen MR) is 107 cm³/mol. The molecule has 2 aromatic rings. The highest BCUT2D eigenvalue weighted by molar-refractivity contribution is 7.96. The second-order valence-electron chi connectivity index (χ2n) is 6.39. The van der Waals surface area contributed by atoms with Crippen molar-refractivity contribution in [1.29, 1.82) is 0 Å². The van der Waals surface area contributed by atoms with Crippen molar-refractivity contribution < 1.29 is 26.4 Å². The maximum atomic E-state index is 12.6. The molecule has 1 amide bonds. The molecule has 0 saturated carbocycles. The summed E-state index contributed by atoms with van der Waals surface area (Å²) in [7, 11) is -5.63. The Bertz CT molecular complexity index is 1110. The molecule has 0 unspecified atom stereocenters. The maximum absolute atomic E-state index is 12.6. The van der Waals surface area contributed by atoms with E-state index in [1.165, 1.54) is 37.4 Å². The quantitative estimate of drug-likeness (QED) is 0.761. The van der Waals surface area contributed by atoms with Crippen LogP contribution in [0.3, 0.4) is 0 Å². The number of halogens is 1. The monoisotopic (exact) mass is 443 g/mol. The first-order valence-corrected chi connectivity index (χ1v) is 12.1. The number of carbonyl (C=O) groups excluding carboxylic acids is 1. The molecule has 0 spiro atoms. The number of amides is 1. The van der Waals surface area contributed by atoms with Gasteiger partial charge in [-0.2, -0.15) is 0 Å². The summed E-state index contributed by atoms with van der Waals surface area (Å²) in [6.45, 7) is 0. The van der Waals surface area contributed by atoms with E-state index in [4.69, 9.17) is 16.3 Å². The Morgan fingerprint density at radius 3 is 2.43 bits per heavy atom. The molecule has 1 saturated heterocycles. The molecule has 1 atom stereocenters. The fraction of sp³-hybridized carbons (Fsp3) is 0.278. The summed E-state index contributed by atoms with van der Waals surface area (Å²) >= 11 is 5.94. The molecule has 1 aliphatic heterocycles. The molecule has 1 heterocycles. The lowest BCUT2D eigenvalue weighted by atomic mass is 10.2. The Kier molecular flexibility index (Phi) is 5.69. The van der Waals surface area contributed by atoms with Crippen LogP contribution in [0.25, 0.3) is 0 Å². The molecule has 3 rings (SSSR count). The summed E-state index contributed by atoms with van der Waals surface area (Å²) in [6, 6.07) is 10.2. The molecule has 0 bridgehead atoms. The Hall–Kier alpha value is -2.10. The van der Waals surface area contributed by atoms with Gasteiger partial charge in [0.15, 0.2) is 19.7 Å². The minimum absolute atomic E-state index is 0.00788. The third-order valence-corrected chi connectivity index (χ3v) is 8.91. The van der Waals surface area contributed by atoms with Gasteiger partial charge in [-0.3, -0.25) is 4.79 Å². The summed E-state index contributed by atoms with van der Waals surface area (Å²) in [5, 5.41) is 2.13. The zero-order chi connectivity index (χ0) is 20.5. The Morgan fingerprint density at radius 1 is 1.18 bits per heavy atom. The van der Waals surface area contributed by atoms with Crippen LogP contribution in [-0.2, 0) is 19.7 Å². The van der Waals surface area contributed by atoms with E-state index < -0.39 is 30.8 Å². The van der Waals surface area contributed by atoms with Crippen molar-refractivity contribution in [2.45, 2.75) is 16.6 Å². The van der Waals surface area contributed by atoms with Gasteiger partial charge in [0.2, 0.25) is 0 Å². The van der Waals surface area contributed by atoms with Gasteiger partial charge in [-0.1, -0.05) is 11.6 Å². The van der Waals surface area contributed by atoms with Crippen LogP contribution in [0.4, 0.5) is 5.69 Å². The molecule has 150 valence electrons. The molecule has 0 aromatic heterocycles. The van der Waals surface area contributed by atoms with E-state index in [1.807, 2.05) is 0 Å². The van der Waals surface area contributed by atoms with Gasteiger partial charge in [-0.25, -0.2) is 16.8 Å². The van der Waals surface area contributed by atoms with Gasteiger partial charge >= 0.3 is 0 Å². The van der Waals surface area contributed by atoms with Gasteiger partial charge in [-0.05, 0) is 48.9 Å². The number of anilines is 1. The molecule has 1 aliphatic rings. The Balaban J connectivity index is 1.79. The number of carbonyl (C=O) groups is 1. The van der Waals surface area contributed by atoms with Gasteiger partial charge in [0, 0.05) is 10.6 Å². The summed E-state index contributed by atoms with van der Waals surface area (Å²) in [6.07, 6.45) is 0.0848. The van der Waals surface area contributed by atoms with Crippen LogP contribution in [0, 0.1) is 0 Å². The number of methoxy groups -OCH3 is 1. The van der Waals surface area contributed by atoms with Crippen molar-refractivity contribution >= 4 is 42.9 Å². The van der Waals surface area contributed by atoms with Crippen LogP contribution >= 0.6 is 11.6 Å². The van der Waals surface area contributed by atoms with E-state index >= 15 is 0 Å². The van der Waals surface area contributed by atoms with Crippen LogP contribution in [0.1, 0.15) is 16.8 Å². The van der Waals surface area contributed by atoms with E-state index in [9.17, 15) is 21.6 Å². The fourth-order valence-electron chi connectivity index (χ4n) is 2.97. The highest BCUT2D eigenvalue weighted by Gasteiger charge is 2.38. The van der Waals surface area contributed by atoms with E-state index in [2.05, 4.69) is 5.32 Å². The summed E-state index contributed by atoms with van der Waals surface area (Å²) in [5.41, 5.74) is 0.618. The first-order valence-electron chi connectivity index (χ1n) is 8.32. The highest BCUT2D eigenvalue weighted by atomic mass is 35.5.